The van der Waals surface area contributed by atoms with Gasteiger partial charge in [-0.05, 0) is 37.0 Å². The highest BCUT2D eigenvalue weighted by molar-refractivity contribution is 5.95. The summed E-state index contributed by atoms with van der Waals surface area (Å²) in [5.41, 5.74) is 2.64. The molecule has 0 radical (unpaired) electrons. The summed E-state index contributed by atoms with van der Waals surface area (Å²) in [6, 6.07) is 19.3. The number of rotatable bonds is 3. The average molecular weight is 478 g/mol. The van der Waals surface area contributed by atoms with E-state index in [0.29, 0.717) is 35.6 Å². The number of likely N-dealkylation sites (tertiary alicyclic amines) is 1. The van der Waals surface area contributed by atoms with Gasteiger partial charge < -0.3 is 10.0 Å². The third kappa shape index (κ3) is 3.57. The Bertz CT molecular complexity index is 1470. The molecule has 6 rings (SSSR count). The Kier molecular flexibility index (Phi) is 5.54. The minimum absolute atomic E-state index is 0.0222. The fourth-order valence-corrected chi connectivity index (χ4v) is 6.19. The molecule has 7 nitrogen and oxygen atoms in total. The highest BCUT2D eigenvalue weighted by Crippen LogP contribution is 2.47. The van der Waals surface area contributed by atoms with Crippen molar-refractivity contribution in [2.24, 2.45) is 5.92 Å². The van der Waals surface area contributed by atoms with Crippen LogP contribution in [0.3, 0.4) is 0 Å². The monoisotopic (exact) mass is 477 g/mol. The molecule has 36 heavy (non-hydrogen) atoms. The van der Waals surface area contributed by atoms with E-state index >= 15 is 0 Å². The van der Waals surface area contributed by atoms with Crippen LogP contribution in [-0.4, -0.2) is 42.9 Å². The normalized spacial score (nSPS) is 23.7. The minimum Gasteiger partial charge on any atom is -0.385 e. The summed E-state index contributed by atoms with van der Waals surface area (Å²) in [5, 5.41) is 21.2. The molecule has 0 bridgehead atoms. The van der Waals surface area contributed by atoms with Crippen molar-refractivity contribution in [1.82, 2.24) is 19.3 Å². The highest BCUT2D eigenvalue weighted by atomic mass is 16.3. The van der Waals surface area contributed by atoms with Gasteiger partial charge in [-0.2, -0.15) is 5.26 Å². The Morgan fingerprint density at radius 1 is 1.11 bits per heavy atom. The molecule has 3 atom stereocenters. The summed E-state index contributed by atoms with van der Waals surface area (Å²) >= 11 is 0. The molecule has 2 aromatic carbocycles. The van der Waals surface area contributed by atoms with Crippen LogP contribution >= 0.6 is 0 Å². The molecule has 1 aliphatic heterocycles. The lowest BCUT2D eigenvalue weighted by molar-refractivity contribution is -0.110. The van der Waals surface area contributed by atoms with Crippen molar-refractivity contribution in [3.63, 3.8) is 0 Å². The topological polar surface area (TPSA) is 94.5 Å². The first kappa shape index (κ1) is 22.4. The summed E-state index contributed by atoms with van der Waals surface area (Å²) in [7, 11) is 0. The van der Waals surface area contributed by atoms with Crippen molar-refractivity contribution in [3.8, 4) is 17.3 Å². The van der Waals surface area contributed by atoms with Crippen LogP contribution in [0.1, 0.15) is 53.8 Å². The van der Waals surface area contributed by atoms with Crippen molar-refractivity contribution < 1.29 is 9.90 Å². The number of nitriles is 1. The van der Waals surface area contributed by atoms with Gasteiger partial charge in [-0.25, -0.2) is 4.98 Å². The second-order valence-corrected chi connectivity index (χ2v) is 9.81. The van der Waals surface area contributed by atoms with Gasteiger partial charge >= 0.3 is 0 Å². The highest BCUT2D eigenvalue weighted by Gasteiger charge is 2.50. The summed E-state index contributed by atoms with van der Waals surface area (Å²) in [4.78, 5) is 25.1. The predicted octanol–water partition coefficient (Wildman–Crippen LogP) is 4.56. The second kappa shape index (κ2) is 8.89. The largest absolute Gasteiger partial charge is 0.385 e. The van der Waals surface area contributed by atoms with Crippen LogP contribution < -0.4 is 0 Å². The standard InChI is InChI=1S/C29H27N5O2/c30-18-20-7-6-8-21(17-20)26-25-19-31-14-16-33(25)27(32-26)28(35)34-15-13-29(36,22-9-2-1-3-10-22)23-11-4-5-12-24(23)34/h1-3,6-10,14,16-17,19,23-24,36H,4-5,11-13,15H2/t23-,24?,29-/m0/s1. The van der Waals surface area contributed by atoms with E-state index < -0.39 is 5.60 Å². The fraction of sp³-hybridized carbons (Fsp3) is 0.310. The molecule has 7 heteroatoms. The SMILES string of the molecule is N#Cc1cccc(-c2nc(C(=O)N3CC[C@](O)(c4ccccc4)[C@H]4CCCCC43)n3ccncc23)c1. The molecule has 1 aliphatic carbocycles. The van der Waals surface area contributed by atoms with Gasteiger partial charge in [-0.15, -0.1) is 0 Å². The Labute approximate surface area is 209 Å². The zero-order chi connectivity index (χ0) is 24.7. The number of nitrogens with zero attached hydrogens (tertiary/aromatic N) is 5. The van der Waals surface area contributed by atoms with Crippen LogP contribution in [0.4, 0.5) is 0 Å². The molecule has 4 aromatic rings. The molecule has 2 aliphatic rings. The van der Waals surface area contributed by atoms with Crippen LogP contribution in [0.25, 0.3) is 16.8 Å². The molecule has 2 aromatic heterocycles. The number of aromatic nitrogens is 3. The van der Waals surface area contributed by atoms with E-state index in [9.17, 15) is 15.2 Å². The molecule has 1 unspecified atom stereocenters. The third-order valence-corrected chi connectivity index (χ3v) is 7.91. The number of carbonyl (C=O) groups is 1. The number of aliphatic hydroxyl groups is 1. The van der Waals surface area contributed by atoms with Crippen LogP contribution in [0.5, 0.6) is 0 Å². The lowest BCUT2D eigenvalue weighted by atomic mass is 9.66. The first-order valence-corrected chi connectivity index (χ1v) is 12.5. The van der Waals surface area contributed by atoms with Crippen LogP contribution in [0.2, 0.25) is 0 Å². The quantitative estimate of drug-likeness (QED) is 0.467. The van der Waals surface area contributed by atoms with Gasteiger partial charge in [0.15, 0.2) is 0 Å². The van der Waals surface area contributed by atoms with Gasteiger partial charge in [0.2, 0.25) is 5.82 Å². The maximum atomic E-state index is 14.1. The molecule has 2 fully saturated rings. The van der Waals surface area contributed by atoms with Crippen LogP contribution in [0.15, 0.2) is 73.2 Å². The molecular weight excluding hydrogens is 450 g/mol. The van der Waals surface area contributed by atoms with Crippen molar-refractivity contribution >= 4 is 11.4 Å². The second-order valence-electron chi connectivity index (χ2n) is 9.81. The minimum atomic E-state index is -0.940. The van der Waals surface area contributed by atoms with Crippen molar-refractivity contribution in [2.45, 2.75) is 43.7 Å². The molecule has 0 spiro atoms. The summed E-state index contributed by atoms with van der Waals surface area (Å²) in [6.07, 6.45) is 9.44. The molecule has 1 saturated heterocycles. The van der Waals surface area contributed by atoms with E-state index in [2.05, 4.69) is 11.1 Å². The maximum Gasteiger partial charge on any atom is 0.290 e. The van der Waals surface area contributed by atoms with Gasteiger partial charge in [0.25, 0.3) is 5.91 Å². The number of imidazole rings is 1. The first-order chi connectivity index (χ1) is 17.6. The molecule has 1 N–H and O–H groups in total. The molecule has 1 amide bonds. The van der Waals surface area contributed by atoms with Crippen molar-refractivity contribution in [3.05, 3.63) is 90.1 Å². The molecule has 3 heterocycles. The zero-order valence-electron chi connectivity index (χ0n) is 19.9. The smallest absolute Gasteiger partial charge is 0.290 e. The molecule has 180 valence electrons. The van der Waals surface area contributed by atoms with Gasteiger partial charge in [-0.1, -0.05) is 55.3 Å². The lowest BCUT2D eigenvalue weighted by Gasteiger charge is -2.52. The summed E-state index contributed by atoms with van der Waals surface area (Å²) < 4.78 is 1.79. The van der Waals surface area contributed by atoms with Gasteiger partial charge in [0.1, 0.15) is 0 Å². The number of carbonyl (C=O) groups excluding carboxylic acids is 1. The Balaban J connectivity index is 1.40. The Hall–Kier alpha value is -4.02. The van der Waals surface area contributed by atoms with E-state index in [1.54, 1.807) is 35.1 Å². The van der Waals surface area contributed by atoms with E-state index in [1.165, 1.54) is 0 Å². The fourth-order valence-electron chi connectivity index (χ4n) is 6.19. The van der Waals surface area contributed by atoms with Crippen LogP contribution in [-0.2, 0) is 5.60 Å². The van der Waals surface area contributed by atoms with Gasteiger partial charge in [0, 0.05) is 36.5 Å². The van der Waals surface area contributed by atoms with E-state index in [4.69, 9.17) is 4.98 Å². The average Bonchev–Trinajstić information content (AvgIpc) is 3.33. The van der Waals surface area contributed by atoms with E-state index in [1.807, 2.05) is 47.4 Å². The number of hydrogen-bond donors (Lipinski definition) is 1. The summed E-state index contributed by atoms with van der Waals surface area (Å²) in [6.45, 7) is 0.463. The summed E-state index contributed by atoms with van der Waals surface area (Å²) in [5.74, 6) is 0.177. The van der Waals surface area contributed by atoms with Crippen LogP contribution in [0, 0.1) is 17.2 Å². The van der Waals surface area contributed by atoms with Gasteiger partial charge in [-0.3, -0.25) is 14.2 Å². The van der Waals surface area contributed by atoms with E-state index in [0.717, 1.165) is 36.8 Å². The zero-order valence-corrected chi connectivity index (χ0v) is 19.9. The van der Waals surface area contributed by atoms with E-state index in [-0.39, 0.29) is 17.9 Å². The van der Waals surface area contributed by atoms with Crippen molar-refractivity contribution in [1.29, 1.82) is 5.26 Å². The first-order valence-electron chi connectivity index (χ1n) is 12.5. The lowest BCUT2D eigenvalue weighted by Crippen LogP contribution is -2.59. The number of fused-ring (bicyclic) bond motifs is 2. The number of amides is 1. The van der Waals surface area contributed by atoms with Crippen molar-refractivity contribution in [2.75, 3.05) is 6.54 Å². The molecule has 1 saturated carbocycles. The number of benzene rings is 2. The third-order valence-electron chi connectivity index (χ3n) is 7.91. The number of piperidine rings is 1. The van der Waals surface area contributed by atoms with Gasteiger partial charge in [0.05, 0.1) is 34.6 Å². The Morgan fingerprint density at radius 2 is 1.94 bits per heavy atom. The number of hydrogen-bond acceptors (Lipinski definition) is 5. The molecular formula is C29H27N5O2. The Morgan fingerprint density at radius 3 is 2.78 bits per heavy atom. The predicted molar refractivity (Wildman–Crippen MR) is 135 cm³/mol. The maximum absolute atomic E-state index is 14.1.